The van der Waals surface area contributed by atoms with Gasteiger partial charge in [0.2, 0.25) is 0 Å². The minimum absolute atomic E-state index is 0.0949. The molecule has 1 N–H and O–H groups in total. The predicted octanol–water partition coefficient (Wildman–Crippen LogP) is 3.76. The minimum atomic E-state index is -0.357. The number of benzene rings is 1. The van der Waals surface area contributed by atoms with Gasteiger partial charge in [-0.1, -0.05) is 25.0 Å². The summed E-state index contributed by atoms with van der Waals surface area (Å²) in [6.45, 7) is 4.31. The lowest BCUT2D eigenvalue weighted by Crippen LogP contribution is -2.38. The first-order chi connectivity index (χ1) is 8.62. The Morgan fingerprint density at radius 2 is 2.22 bits per heavy atom. The molecule has 3 rings (SSSR count). The lowest BCUT2D eigenvalue weighted by atomic mass is 9.86. The van der Waals surface area contributed by atoms with Crippen molar-refractivity contribution in [1.82, 2.24) is 0 Å². The van der Waals surface area contributed by atoms with Gasteiger partial charge in [0, 0.05) is 12.0 Å². The van der Waals surface area contributed by atoms with E-state index in [1.165, 1.54) is 18.4 Å². The smallest absolute Gasteiger partial charge is 0.125 e. The zero-order valence-electron chi connectivity index (χ0n) is 11.3. The predicted molar refractivity (Wildman–Crippen MR) is 71.7 cm³/mol. The monoisotopic (exact) mass is 246 g/mol. The molecule has 0 radical (unpaired) electrons. The average molecular weight is 246 g/mol. The second kappa shape index (κ2) is 4.27. The summed E-state index contributed by atoms with van der Waals surface area (Å²) < 4.78 is 6.28. The number of aryl methyl sites for hydroxylation is 1. The second-order valence-electron chi connectivity index (χ2n) is 6.06. The van der Waals surface area contributed by atoms with E-state index in [2.05, 4.69) is 26.0 Å². The zero-order valence-corrected chi connectivity index (χ0v) is 11.3. The van der Waals surface area contributed by atoms with Gasteiger partial charge in [0.15, 0.2) is 0 Å². The number of hydrogen-bond donors (Lipinski definition) is 1. The van der Waals surface area contributed by atoms with Crippen LogP contribution in [0.5, 0.6) is 5.75 Å². The van der Waals surface area contributed by atoms with E-state index in [9.17, 15) is 5.11 Å². The van der Waals surface area contributed by atoms with E-state index in [0.717, 1.165) is 36.5 Å². The van der Waals surface area contributed by atoms with Crippen molar-refractivity contribution >= 4 is 0 Å². The molecule has 1 aromatic rings. The molecule has 3 atom stereocenters. The van der Waals surface area contributed by atoms with Gasteiger partial charge in [0.05, 0.1) is 6.10 Å². The van der Waals surface area contributed by atoms with Crippen LogP contribution in [0.2, 0.25) is 0 Å². The van der Waals surface area contributed by atoms with Gasteiger partial charge in [0.1, 0.15) is 11.4 Å². The van der Waals surface area contributed by atoms with Crippen LogP contribution in [0.4, 0.5) is 0 Å². The molecule has 0 saturated heterocycles. The molecule has 2 nitrogen and oxygen atoms in total. The van der Waals surface area contributed by atoms with E-state index in [-0.39, 0.29) is 11.7 Å². The van der Waals surface area contributed by atoms with Gasteiger partial charge in [-0.3, -0.25) is 0 Å². The van der Waals surface area contributed by atoms with E-state index in [1.54, 1.807) is 0 Å². The van der Waals surface area contributed by atoms with Gasteiger partial charge in [0.25, 0.3) is 0 Å². The van der Waals surface area contributed by atoms with Crippen LogP contribution < -0.4 is 4.74 Å². The van der Waals surface area contributed by atoms with Gasteiger partial charge in [-0.15, -0.1) is 0 Å². The first-order valence-corrected chi connectivity index (χ1v) is 7.09. The lowest BCUT2D eigenvalue weighted by Gasteiger charge is -2.38. The van der Waals surface area contributed by atoms with Crippen molar-refractivity contribution in [3.8, 4) is 5.75 Å². The molecule has 2 aliphatic rings. The van der Waals surface area contributed by atoms with Crippen LogP contribution in [0.3, 0.4) is 0 Å². The maximum absolute atomic E-state index is 10.4. The molecule has 1 aliphatic carbocycles. The van der Waals surface area contributed by atoms with Crippen molar-refractivity contribution in [2.45, 2.75) is 57.7 Å². The normalized spacial score (nSPS) is 34.4. The fourth-order valence-corrected chi connectivity index (χ4v) is 3.58. The third kappa shape index (κ3) is 1.93. The summed E-state index contributed by atoms with van der Waals surface area (Å²) in [5, 5.41) is 10.4. The highest BCUT2D eigenvalue weighted by Gasteiger charge is 2.45. The number of aliphatic hydroxyl groups excluding tert-OH is 1. The van der Waals surface area contributed by atoms with Crippen LogP contribution >= 0.6 is 0 Å². The first kappa shape index (κ1) is 12.0. The number of ether oxygens (including phenoxy) is 1. The van der Waals surface area contributed by atoms with Crippen LogP contribution in [0, 0.1) is 12.8 Å². The summed E-state index contributed by atoms with van der Waals surface area (Å²) in [5.74, 6) is 1.67. The summed E-state index contributed by atoms with van der Waals surface area (Å²) in [5.41, 5.74) is 2.06. The van der Waals surface area contributed by atoms with Gasteiger partial charge in [-0.2, -0.15) is 0 Å². The minimum Gasteiger partial charge on any atom is -0.487 e. The highest BCUT2D eigenvalue weighted by molar-refractivity contribution is 5.41. The van der Waals surface area contributed by atoms with Crippen LogP contribution in [-0.4, -0.2) is 10.7 Å². The lowest BCUT2D eigenvalue weighted by molar-refractivity contribution is -0.0122. The summed E-state index contributed by atoms with van der Waals surface area (Å²) in [6.07, 6.45) is 5.07. The topological polar surface area (TPSA) is 29.5 Å². The highest BCUT2D eigenvalue weighted by atomic mass is 16.5. The van der Waals surface area contributed by atoms with Gasteiger partial charge < -0.3 is 9.84 Å². The fourth-order valence-electron chi connectivity index (χ4n) is 3.58. The summed E-state index contributed by atoms with van der Waals surface area (Å²) in [7, 11) is 0. The molecule has 18 heavy (non-hydrogen) atoms. The molecule has 2 heteroatoms. The zero-order chi connectivity index (χ0) is 12.8. The Morgan fingerprint density at radius 1 is 1.39 bits per heavy atom. The molecule has 1 saturated carbocycles. The molecule has 1 heterocycles. The largest absolute Gasteiger partial charge is 0.487 e. The fraction of sp³-hybridized carbons (Fsp3) is 0.625. The third-order valence-corrected chi connectivity index (χ3v) is 4.66. The highest BCUT2D eigenvalue weighted by Crippen LogP contribution is 2.49. The standard InChI is InChI=1S/C16H22O2/c1-3-12-6-7-16(9-12)10-14(17)13-8-11(2)4-5-15(13)18-16/h4-5,8,12,14,17H,3,6-7,9-10H2,1-2H3/t12?,14-,16?/m1/s1. The summed E-state index contributed by atoms with van der Waals surface area (Å²) in [6, 6.07) is 6.14. The van der Waals surface area contributed by atoms with Gasteiger partial charge >= 0.3 is 0 Å². The van der Waals surface area contributed by atoms with Crippen LogP contribution in [0.1, 0.15) is 56.3 Å². The van der Waals surface area contributed by atoms with Crippen molar-refractivity contribution in [1.29, 1.82) is 0 Å². The molecule has 0 bridgehead atoms. The number of hydrogen-bond acceptors (Lipinski definition) is 2. The van der Waals surface area contributed by atoms with E-state index in [4.69, 9.17) is 4.74 Å². The molecule has 98 valence electrons. The molecule has 1 aliphatic heterocycles. The van der Waals surface area contributed by atoms with Crippen molar-refractivity contribution in [3.63, 3.8) is 0 Å². The molecule has 1 fully saturated rings. The average Bonchev–Trinajstić information content (AvgIpc) is 2.73. The molecular formula is C16H22O2. The first-order valence-electron chi connectivity index (χ1n) is 7.09. The van der Waals surface area contributed by atoms with Crippen molar-refractivity contribution in [3.05, 3.63) is 29.3 Å². The Hall–Kier alpha value is -1.02. The molecule has 1 spiro atoms. The SMILES string of the molecule is CCC1CCC2(C1)C[C@@H](O)c1cc(C)ccc1O2. The van der Waals surface area contributed by atoms with E-state index in [0.29, 0.717) is 0 Å². The number of aliphatic hydroxyl groups is 1. The quantitative estimate of drug-likeness (QED) is 0.817. The Balaban J connectivity index is 1.90. The van der Waals surface area contributed by atoms with Crippen molar-refractivity contribution in [2.24, 2.45) is 5.92 Å². The summed E-state index contributed by atoms with van der Waals surface area (Å²) in [4.78, 5) is 0. The maximum atomic E-state index is 10.4. The Morgan fingerprint density at radius 3 is 2.94 bits per heavy atom. The van der Waals surface area contributed by atoms with E-state index in [1.807, 2.05) is 6.07 Å². The van der Waals surface area contributed by atoms with E-state index >= 15 is 0 Å². The Labute approximate surface area is 109 Å². The third-order valence-electron chi connectivity index (χ3n) is 4.66. The van der Waals surface area contributed by atoms with Crippen LogP contribution in [0.15, 0.2) is 18.2 Å². The van der Waals surface area contributed by atoms with Crippen LogP contribution in [-0.2, 0) is 0 Å². The molecule has 2 unspecified atom stereocenters. The van der Waals surface area contributed by atoms with Gasteiger partial charge in [-0.25, -0.2) is 0 Å². The number of rotatable bonds is 1. The van der Waals surface area contributed by atoms with Gasteiger partial charge in [-0.05, 0) is 44.2 Å². The molecule has 1 aromatic carbocycles. The van der Waals surface area contributed by atoms with Crippen LogP contribution in [0.25, 0.3) is 0 Å². The Bertz CT molecular complexity index is 454. The molecule has 0 aromatic heterocycles. The summed E-state index contributed by atoms with van der Waals surface area (Å²) >= 11 is 0. The van der Waals surface area contributed by atoms with Crippen molar-refractivity contribution in [2.75, 3.05) is 0 Å². The maximum Gasteiger partial charge on any atom is 0.125 e. The second-order valence-corrected chi connectivity index (χ2v) is 6.06. The van der Waals surface area contributed by atoms with E-state index < -0.39 is 0 Å². The van der Waals surface area contributed by atoms with Crippen molar-refractivity contribution < 1.29 is 9.84 Å². The molecular weight excluding hydrogens is 224 g/mol. The number of fused-ring (bicyclic) bond motifs is 1. The molecule has 0 amide bonds. The Kier molecular flexibility index (Phi) is 2.86.